The van der Waals surface area contributed by atoms with Gasteiger partial charge in [-0.25, -0.2) is 4.98 Å². The number of hydrogen-bond acceptors (Lipinski definition) is 8. The molecule has 166 valence electrons. The third kappa shape index (κ3) is 5.00. The van der Waals surface area contributed by atoms with Crippen molar-refractivity contribution in [3.8, 4) is 10.8 Å². The first-order chi connectivity index (χ1) is 14.8. The highest BCUT2D eigenvalue weighted by molar-refractivity contribution is 7.99. The van der Waals surface area contributed by atoms with E-state index in [9.17, 15) is 17.2 Å². The van der Waals surface area contributed by atoms with E-state index in [0.717, 1.165) is 11.3 Å². The summed E-state index contributed by atoms with van der Waals surface area (Å²) in [7, 11) is -3.84. The first-order valence-corrected chi connectivity index (χ1v) is 12.8. The van der Waals surface area contributed by atoms with Crippen molar-refractivity contribution in [1.82, 2.24) is 19.5 Å². The largest absolute Gasteiger partial charge is 0.414 e. The molecule has 14 heteroatoms. The van der Waals surface area contributed by atoms with Crippen LogP contribution in [0.5, 0.6) is 0 Å². The molecule has 1 aliphatic rings. The van der Waals surface area contributed by atoms with E-state index >= 15 is 0 Å². The maximum atomic E-state index is 13.4. The van der Waals surface area contributed by atoms with Crippen LogP contribution in [-0.4, -0.2) is 52.5 Å². The minimum absolute atomic E-state index is 0.0627. The van der Waals surface area contributed by atoms with Crippen LogP contribution in [0.2, 0.25) is 5.02 Å². The van der Waals surface area contributed by atoms with Crippen molar-refractivity contribution in [2.75, 3.05) is 28.9 Å². The Labute approximate surface area is 190 Å². The minimum atomic E-state index is -3.84. The molecule has 4 rings (SSSR count). The second-order valence-electron chi connectivity index (χ2n) is 6.37. The van der Waals surface area contributed by atoms with Crippen molar-refractivity contribution in [3.05, 3.63) is 46.4 Å². The number of halogens is 3. The molecular formula is C17H16ClF2N5O3S3. The predicted octanol–water partition coefficient (Wildman–Crippen LogP) is 4.08. The molecule has 31 heavy (non-hydrogen) atoms. The number of alkyl halides is 2. The summed E-state index contributed by atoms with van der Waals surface area (Å²) in [6, 6.07) is 6.55. The lowest BCUT2D eigenvalue weighted by atomic mass is 10.3. The fraction of sp³-hybridized carbons (Fsp3) is 0.353. The average molecular weight is 508 g/mol. The Hall–Kier alpha value is -1.80. The standard InChI is InChI=1S/C17H16ClF2N5O3S3/c18-11-2-1-3-12(8-11)25(31(26,27)24-4-6-29-7-5-24)10-14-21-9-13(30-14)16-22-23-17(28-16)15(19)20/h1-3,8-9,15H,4-7,10H2. The lowest BCUT2D eigenvalue weighted by Crippen LogP contribution is -2.47. The molecule has 1 aromatic carbocycles. The maximum absolute atomic E-state index is 13.4. The van der Waals surface area contributed by atoms with E-state index in [1.165, 1.54) is 14.8 Å². The topological polar surface area (TPSA) is 92.4 Å². The van der Waals surface area contributed by atoms with E-state index in [-0.39, 0.29) is 12.4 Å². The van der Waals surface area contributed by atoms with Crippen LogP contribution in [0.1, 0.15) is 17.3 Å². The molecule has 1 aliphatic heterocycles. The second-order valence-corrected chi connectivity index (χ2v) is 11.0. The van der Waals surface area contributed by atoms with E-state index in [4.69, 9.17) is 16.0 Å². The summed E-state index contributed by atoms with van der Waals surface area (Å²) in [5.41, 5.74) is 0.403. The summed E-state index contributed by atoms with van der Waals surface area (Å²) in [4.78, 5) is 4.60. The van der Waals surface area contributed by atoms with Gasteiger partial charge in [0.05, 0.1) is 18.4 Å². The molecule has 2 aromatic heterocycles. The van der Waals surface area contributed by atoms with Crippen LogP contribution in [0.25, 0.3) is 10.8 Å². The summed E-state index contributed by atoms with van der Waals surface area (Å²) >= 11 is 8.89. The molecule has 3 aromatic rings. The van der Waals surface area contributed by atoms with Gasteiger partial charge < -0.3 is 4.42 Å². The minimum Gasteiger partial charge on any atom is -0.414 e. The summed E-state index contributed by atoms with van der Waals surface area (Å²) in [5.74, 6) is 0.557. The number of thiazole rings is 1. The number of benzene rings is 1. The molecule has 0 atom stereocenters. The third-order valence-corrected chi connectivity index (χ3v) is 8.40. The average Bonchev–Trinajstić information content (AvgIpc) is 3.42. The van der Waals surface area contributed by atoms with Gasteiger partial charge in [-0.1, -0.05) is 17.7 Å². The van der Waals surface area contributed by atoms with Crippen LogP contribution in [0.4, 0.5) is 14.5 Å². The molecule has 0 spiro atoms. The molecule has 0 saturated carbocycles. The zero-order valence-corrected chi connectivity index (χ0v) is 19.0. The molecular weight excluding hydrogens is 492 g/mol. The molecule has 3 heterocycles. The summed E-state index contributed by atoms with van der Waals surface area (Å²) in [6.07, 6.45) is -1.48. The van der Waals surface area contributed by atoms with Crippen LogP contribution in [0, 0.1) is 0 Å². The number of rotatable bonds is 7. The summed E-state index contributed by atoms with van der Waals surface area (Å²) in [5, 5.41) is 7.74. The van der Waals surface area contributed by atoms with Crippen molar-refractivity contribution < 1.29 is 21.6 Å². The lowest BCUT2D eigenvalue weighted by molar-refractivity contribution is 0.116. The first kappa shape index (κ1) is 22.4. The number of nitrogens with zero attached hydrogens (tertiary/aromatic N) is 5. The van der Waals surface area contributed by atoms with Gasteiger partial charge in [0, 0.05) is 29.6 Å². The summed E-state index contributed by atoms with van der Waals surface area (Å²) in [6.45, 7) is 0.754. The van der Waals surface area contributed by atoms with Crippen molar-refractivity contribution in [2.45, 2.75) is 13.0 Å². The van der Waals surface area contributed by atoms with Gasteiger partial charge in [-0.05, 0) is 18.2 Å². The van der Waals surface area contributed by atoms with E-state index in [2.05, 4.69) is 15.2 Å². The second kappa shape index (κ2) is 9.36. The van der Waals surface area contributed by atoms with Crippen LogP contribution in [-0.2, 0) is 16.8 Å². The smallest absolute Gasteiger partial charge is 0.314 e. The quantitative estimate of drug-likeness (QED) is 0.475. The van der Waals surface area contributed by atoms with Crippen molar-refractivity contribution in [1.29, 1.82) is 0 Å². The molecule has 0 aliphatic carbocycles. The van der Waals surface area contributed by atoms with Gasteiger partial charge in [-0.3, -0.25) is 4.31 Å². The molecule has 8 nitrogen and oxygen atoms in total. The summed E-state index contributed by atoms with van der Waals surface area (Å²) < 4.78 is 59.9. The predicted molar refractivity (Wildman–Crippen MR) is 116 cm³/mol. The van der Waals surface area contributed by atoms with E-state index in [1.807, 2.05) is 0 Å². The van der Waals surface area contributed by atoms with Crippen molar-refractivity contribution in [3.63, 3.8) is 0 Å². The third-order valence-electron chi connectivity index (χ3n) is 4.34. The van der Waals surface area contributed by atoms with Crippen LogP contribution < -0.4 is 4.31 Å². The zero-order chi connectivity index (χ0) is 22.0. The first-order valence-electron chi connectivity index (χ1n) is 9.02. The molecule has 0 N–H and O–H groups in total. The fourth-order valence-corrected chi connectivity index (χ4v) is 6.70. The molecule has 0 unspecified atom stereocenters. The molecule has 1 saturated heterocycles. The molecule has 0 bridgehead atoms. The van der Waals surface area contributed by atoms with Crippen LogP contribution in [0.15, 0.2) is 34.9 Å². The van der Waals surface area contributed by atoms with Crippen molar-refractivity contribution >= 4 is 50.6 Å². The highest BCUT2D eigenvalue weighted by atomic mass is 35.5. The fourth-order valence-electron chi connectivity index (χ4n) is 2.88. The molecule has 0 radical (unpaired) electrons. The van der Waals surface area contributed by atoms with E-state index in [0.29, 0.717) is 45.2 Å². The van der Waals surface area contributed by atoms with E-state index < -0.39 is 22.5 Å². The van der Waals surface area contributed by atoms with Crippen molar-refractivity contribution in [2.24, 2.45) is 0 Å². The Bertz CT molecular complexity index is 1150. The highest BCUT2D eigenvalue weighted by Crippen LogP contribution is 2.31. The van der Waals surface area contributed by atoms with Gasteiger partial charge in [0.1, 0.15) is 9.88 Å². The Balaban J connectivity index is 1.64. The molecule has 0 amide bonds. The number of aromatic nitrogens is 3. The highest BCUT2D eigenvalue weighted by Gasteiger charge is 2.32. The van der Waals surface area contributed by atoms with Crippen LogP contribution >= 0.6 is 34.7 Å². The Morgan fingerprint density at radius 2 is 2.03 bits per heavy atom. The Morgan fingerprint density at radius 3 is 2.71 bits per heavy atom. The SMILES string of the molecule is O=S(=O)(N1CCSCC1)N(Cc1ncc(-c2nnc(C(F)F)o2)s1)c1cccc(Cl)c1. The Morgan fingerprint density at radius 1 is 1.26 bits per heavy atom. The van der Waals surface area contributed by atoms with E-state index in [1.54, 1.807) is 36.0 Å². The number of hydrogen-bond donors (Lipinski definition) is 0. The van der Waals surface area contributed by atoms with Gasteiger partial charge in [-0.15, -0.1) is 21.5 Å². The Kier molecular flexibility index (Phi) is 6.77. The van der Waals surface area contributed by atoms with Gasteiger partial charge in [-0.2, -0.15) is 33.3 Å². The number of anilines is 1. The van der Waals surface area contributed by atoms with Gasteiger partial charge in [0.15, 0.2) is 0 Å². The normalized spacial score (nSPS) is 15.5. The number of thioether (sulfide) groups is 1. The molecule has 1 fully saturated rings. The van der Waals surface area contributed by atoms with Gasteiger partial charge in [0.25, 0.3) is 11.8 Å². The van der Waals surface area contributed by atoms with Crippen LogP contribution in [0.3, 0.4) is 0 Å². The maximum Gasteiger partial charge on any atom is 0.314 e. The van der Waals surface area contributed by atoms with Gasteiger partial charge >= 0.3 is 16.6 Å². The monoisotopic (exact) mass is 507 g/mol. The lowest BCUT2D eigenvalue weighted by Gasteiger charge is -2.32. The zero-order valence-electron chi connectivity index (χ0n) is 15.8. The van der Waals surface area contributed by atoms with Gasteiger partial charge in [0.2, 0.25) is 0 Å².